The van der Waals surface area contributed by atoms with Crippen molar-refractivity contribution in [3.05, 3.63) is 72.9 Å². The number of carbonyl (C=O) groups is 4. The van der Waals surface area contributed by atoms with Gasteiger partial charge in [-0.1, -0.05) is 242 Å². The van der Waals surface area contributed by atoms with Crippen LogP contribution in [0, 0.1) is 0 Å². The Labute approximate surface area is 571 Å². The first-order valence-corrected chi connectivity index (χ1v) is 40.2. The van der Waals surface area contributed by atoms with E-state index in [1.165, 1.54) is 77.0 Å². The van der Waals surface area contributed by atoms with Crippen LogP contribution in [0.3, 0.4) is 0 Å². The van der Waals surface area contributed by atoms with E-state index in [1.54, 1.807) is 0 Å². The first-order valence-electron chi connectivity index (χ1n) is 37.2. The molecular formula is C75H134O17P2. The van der Waals surface area contributed by atoms with E-state index in [0.29, 0.717) is 25.7 Å². The molecule has 0 amide bonds. The van der Waals surface area contributed by atoms with Gasteiger partial charge in [0, 0.05) is 25.7 Å². The second kappa shape index (κ2) is 68.0. The molecule has 5 unspecified atom stereocenters. The summed E-state index contributed by atoms with van der Waals surface area (Å²) < 4.78 is 68.3. The van der Waals surface area contributed by atoms with E-state index in [9.17, 15) is 43.2 Å². The van der Waals surface area contributed by atoms with E-state index in [1.807, 2.05) is 0 Å². The quantitative estimate of drug-likeness (QED) is 0.0169. The van der Waals surface area contributed by atoms with Crippen molar-refractivity contribution in [3.63, 3.8) is 0 Å². The number of hydrogen-bond donors (Lipinski definition) is 3. The van der Waals surface area contributed by atoms with Crippen LogP contribution >= 0.6 is 15.6 Å². The van der Waals surface area contributed by atoms with Gasteiger partial charge in [0.25, 0.3) is 0 Å². The number of phosphoric ester groups is 2. The third-order valence-corrected chi connectivity index (χ3v) is 17.5. The SMILES string of the molecule is CC/C=C\C/C=C\C/C=C\CCCCCCCC(=O)OCC(COP(=O)(O)OCC(O)COP(=O)(O)OCC(COC(=O)CCCCCCC/C=C\CCCCCCCC)OC(=O)CCCCCCC/C=C\CCCCCC)OC(=O)CCCCCCC/C=C\CCCC. The molecular weight excluding hydrogens is 1230 g/mol. The van der Waals surface area contributed by atoms with Crippen molar-refractivity contribution in [2.75, 3.05) is 39.6 Å². The van der Waals surface area contributed by atoms with E-state index < -0.39 is 97.5 Å². The smallest absolute Gasteiger partial charge is 0.462 e. The summed E-state index contributed by atoms with van der Waals surface area (Å²) in [5.41, 5.74) is 0. The van der Waals surface area contributed by atoms with E-state index in [0.717, 1.165) is 167 Å². The minimum atomic E-state index is -4.97. The topological polar surface area (TPSA) is 237 Å². The van der Waals surface area contributed by atoms with Gasteiger partial charge in [0.1, 0.15) is 19.3 Å². The largest absolute Gasteiger partial charge is 0.472 e. The number of carbonyl (C=O) groups excluding carboxylic acids is 4. The molecule has 0 fully saturated rings. The molecule has 0 radical (unpaired) electrons. The fraction of sp³-hybridized carbons (Fsp3) is 0.787. The number of unbranched alkanes of at least 4 members (excludes halogenated alkanes) is 32. The standard InChI is InChI=1S/C75H134O17P2/c1-5-9-13-17-21-25-29-32-34-37-40-43-47-51-55-59-72(77)85-65-70(91-74(79)61-57-53-49-45-39-28-24-20-16-12-8-4)67-89-93(81,82)87-63-69(76)64-88-94(83,84)90-68-71(92-75(80)62-58-54-50-46-42-36-31-27-23-19-15-11-7-3)66-86-73(78)60-56-52-48-44-41-38-35-33-30-26-22-18-14-10-6-2/h9,13,20-21,24-25,27,31-35,69-71,76H,5-8,10-12,14-19,22-23,26,28-30,36-68H2,1-4H3,(H,81,82)(H,83,84)/b13-9-,24-20-,25-21-,31-27-,34-32-,35-33-. The Kier molecular flexibility index (Phi) is 65.5. The summed E-state index contributed by atoms with van der Waals surface area (Å²) >= 11 is 0. The third-order valence-electron chi connectivity index (χ3n) is 15.6. The van der Waals surface area contributed by atoms with Crippen LogP contribution < -0.4 is 0 Å². The van der Waals surface area contributed by atoms with Crippen molar-refractivity contribution >= 4 is 39.5 Å². The fourth-order valence-electron chi connectivity index (χ4n) is 9.91. The second-order valence-electron chi connectivity index (χ2n) is 24.8. The number of aliphatic hydroxyl groups is 1. The van der Waals surface area contributed by atoms with Gasteiger partial charge in [0.2, 0.25) is 0 Å². The summed E-state index contributed by atoms with van der Waals surface area (Å²) in [4.78, 5) is 72.7. The molecule has 0 aliphatic heterocycles. The Bertz CT molecular complexity index is 2070. The molecule has 0 saturated carbocycles. The number of ether oxygens (including phenoxy) is 4. The van der Waals surface area contributed by atoms with Crippen molar-refractivity contribution in [1.82, 2.24) is 0 Å². The molecule has 5 atom stereocenters. The van der Waals surface area contributed by atoms with Crippen LogP contribution in [0.15, 0.2) is 72.9 Å². The number of allylic oxidation sites excluding steroid dienone is 12. The van der Waals surface area contributed by atoms with Gasteiger partial charge in [-0.05, 0) is 128 Å². The number of aliphatic hydroxyl groups excluding tert-OH is 1. The summed E-state index contributed by atoms with van der Waals surface area (Å²) in [7, 11) is -9.94. The number of esters is 4. The molecule has 19 heteroatoms. The van der Waals surface area contributed by atoms with Gasteiger partial charge in [0.15, 0.2) is 12.2 Å². The van der Waals surface area contributed by atoms with Crippen molar-refractivity contribution in [2.45, 2.75) is 341 Å². The molecule has 94 heavy (non-hydrogen) atoms. The van der Waals surface area contributed by atoms with Crippen LogP contribution in [0.2, 0.25) is 0 Å². The minimum absolute atomic E-state index is 0.0820. The van der Waals surface area contributed by atoms with Crippen molar-refractivity contribution in [2.24, 2.45) is 0 Å². The monoisotopic (exact) mass is 1370 g/mol. The lowest BCUT2D eigenvalue weighted by Gasteiger charge is -2.21. The first kappa shape index (κ1) is 90.5. The summed E-state index contributed by atoms with van der Waals surface area (Å²) in [6.07, 6.45) is 66.2. The molecule has 546 valence electrons. The highest BCUT2D eigenvalue weighted by atomic mass is 31.2. The van der Waals surface area contributed by atoms with Gasteiger partial charge < -0.3 is 33.8 Å². The molecule has 0 aliphatic carbocycles. The fourth-order valence-corrected chi connectivity index (χ4v) is 11.5. The Balaban J connectivity index is 5.32. The van der Waals surface area contributed by atoms with Crippen molar-refractivity contribution < 1.29 is 80.2 Å². The molecule has 17 nitrogen and oxygen atoms in total. The van der Waals surface area contributed by atoms with Crippen LogP contribution in [0.5, 0.6) is 0 Å². The van der Waals surface area contributed by atoms with Crippen molar-refractivity contribution in [3.8, 4) is 0 Å². The highest BCUT2D eigenvalue weighted by Gasteiger charge is 2.30. The number of phosphoric acid groups is 2. The number of hydrogen-bond acceptors (Lipinski definition) is 15. The summed E-state index contributed by atoms with van der Waals surface area (Å²) in [6, 6.07) is 0. The molecule has 3 N–H and O–H groups in total. The van der Waals surface area contributed by atoms with Gasteiger partial charge >= 0.3 is 39.5 Å². The lowest BCUT2D eigenvalue weighted by molar-refractivity contribution is -0.161. The molecule has 0 rings (SSSR count). The zero-order valence-electron chi connectivity index (χ0n) is 59.4. The normalized spacial score (nSPS) is 14.4. The molecule has 0 spiro atoms. The predicted molar refractivity (Wildman–Crippen MR) is 381 cm³/mol. The van der Waals surface area contributed by atoms with Crippen LogP contribution in [-0.4, -0.2) is 96.7 Å². The maximum Gasteiger partial charge on any atom is 0.472 e. The van der Waals surface area contributed by atoms with Gasteiger partial charge in [-0.15, -0.1) is 0 Å². The first-order chi connectivity index (χ1) is 45.7. The Morgan fingerprint density at radius 1 is 0.309 bits per heavy atom. The molecule has 0 saturated heterocycles. The molecule has 0 heterocycles. The van der Waals surface area contributed by atoms with Gasteiger partial charge in [-0.25, -0.2) is 9.13 Å². The van der Waals surface area contributed by atoms with Gasteiger partial charge in [-0.2, -0.15) is 0 Å². The average molecular weight is 1370 g/mol. The molecule has 0 aromatic rings. The summed E-state index contributed by atoms with van der Waals surface area (Å²) in [5.74, 6) is -2.20. The third kappa shape index (κ3) is 67.1. The van der Waals surface area contributed by atoms with E-state index in [-0.39, 0.29) is 25.7 Å². The Morgan fingerprint density at radius 3 is 0.904 bits per heavy atom. The number of rotatable bonds is 70. The van der Waals surface area contributed by atoms with Crippen molar-refractivity contribution in [1.29, 1.82) is 0 Å². The zero-order valence-corrected chi connectivity index (χ0v) is 61.2. The van der Waals surface area contributed by atoms with E-state index in [4.69, 9.17) is 37.0 Å². The zero-order chi connectivity index (χ0) is 69.0. The lowest BCUT2D eigenvalue weighted by atomic mass is 10.1. The van der Waals surface area contributed by atoms with Gasteiger partial charge in [-0.3, -0.25) is 37.3 Å². The highest BCUT2D eigenvalue weighted by Crippen LogP contribution is 2.45. The van der Waals surface area contributed by atoms with Crippen LogP contribution in [0.4, 0.5) is 0 Å². The van der Waals surface area contributed by atoms with Gasteiger partial charge in [0.05, 0.1) is 26.4 Å². The lowest BCUT2D eigenvalue weighted by Crippen LogP contribution is -2.30. The molecule has 0 aromatic heterocycles. The van der Waals surface area contributed by atoms with Crippen LogP contribution in [0.25, 0.3) is 0 Å². The Hall–Kier alpha value is -3.50. The van der Waals surface area contributed by atoms with Crippen LogP contribution in [-0.2, 0) is 65.4 Å². The second-order valence-corrected chi connectivity index (χ2v) is 27.8. The minimum Gasteiger partial charge on any atom is -0.462 e. The van der Waals surface area contributed by atoms with E-state index >= 15 is 0 Å². The molecule has 0 bridgehead atoms. The molecule has 0 aromatic carbocycles. The molecule has 0 aliphatic rings. The maximum absolute atomic E-state index is 13.0. The summed E-state index contributed by atoms with van der Waals surface area (Å²) in [5, 5.41) is 10.6. The average Bonchev–Trinajstić information content (AvgIpc) is 1.35. The predicted octanol–water partition coefficient (Wildman–Crippen LogP) is 20.9. The maximum atomic E-state index is 13.0. The highest BCUT2D eigenvalue weighted by molar-refractivity contribution is 7.47. The van der Waals surface area contributed by atoms with E-state index in [2.05, 4.69) is 101 Å². The Morgan fingerprint density at radius 2 is 0.564 bits per heavy atom. The summed E-state index contributed by atoms with van der Waals surface area (Å²) in [6.45, 7) is 4.68. The van der Waals surface area contributed by atoms with Crippen LogP contribution in [0.1, 0.15) is 323 Å².